The molecule has 0 bridgehead atoms. The molecule has 0 fully saturated rings. The van der Waals surface area contributed by atoms with Crippen LogP contribution in [-0.2, 0) is 4.79 Å². The molecule has 1 amide bonds. The molecule has 1 aromatic heterocycles. The van der Waals surface area contributed by atoms with Crippen molar-refractivity contribution in [3.05, 3.63) is 30.1 Å². The predicted molar refractivity (Wildman–Crippen MR) is 68.7 cm³/mol. The van der Waals surface area contributed by atoms with Gasteiger partial charge in [0, 0.05) is 24.4 Å². The van der Waals surface area contributed by atoms with Crippen LogP contribution in [0.4, 0.5) is 0 Å². The van der Waals surface area contributed by atoms with Gasteiger partial charge in [0.05, 0.1) is 6.21 Å². The molecular weight excluding hydrogens is 214 g/mol. The Balaban J connectivity index is 2.17. The second kappa shape index (κ2) is 8.44. The van der Waals surface area contributed by atoms with Crippen molar-refractivity contribution in [1.82, 2.24) is 10.4 Å². The molecule has 0 saturated heterocycles. The monoisotopic (exact) mass is 233 g/mol. The van der Waals surface area contributed by atoms with Crippen LogP contribution in [0.3, 0.4) is 0 Å². The van der Waals surface area contributed by atoms with E-state index in [1.54, 1.807) is 18.6 Å². The van der Waals surface area contributed by atoms with Crippen molar-refractivity contribution in [2.75, 3.05) is 0 Å². The van der Waals surface area contributed by atoms with Gasteiger partial charge in [-0.3, -0.25) is 9.78 Å². The molecule has 92 valence electrons. The minimum Gasteiger partial charge on any atom is -0.273 e. The van der Waals surface area contributed by atoms with E-state index in [1.165, 1.54) is 12.8 Å². The number of hydrogen-bond donors (Lipinski definition) is 1. The quantitative estimate of drug-likeness (QED) is 0.447. The predicted octanol–water partition coefficient (Wildman–Crippen LogP) is 2.50. The fourth-order valence-electron chi connectivity index (χ4n) is 1.40. The number of aromatic nitrogens is 1. The third-order valence-electron chi connectivity index (χ3n) is 2.34. The number of hydrogen-bond acceptors (Lipinski definition) is 3. The van der Waals surface area contributed by atoms with Gasteiger partial charge in [-0.05, 0) is 12.5 Å². The van der Waals surface area contributed by atoms with E-state index in [0.29, 0.717) is 6.42 Å². The average molecular weight is 233 g/mol. The van der Waals surface area contributed by atoms with Crippen LogP contribution in [0.2, 0.25) is 0 Å². The van der Waals surface area contributed by atoms with E-state index in [0.717, 1.165) is 18.4 Å². The Labute approximate surface area is 102 Å². The number of amides is 1. The summed E-state index contributed by atoms with van der Waals surface area (Å²) < 4.78 is 0. The van der Waals surface area contributed by atoms with E-state index in [-0.39, 0.29) is 5.91 Å². The number of carbonyl (C=O) groups is 1. The molecule has 1 heterocycles. The van der Waals surface area contributed by atoms with Gasteiger partial charge in [0.2, 0.25) is 5.91 Å². The van der Waals surface area contributed by atoms with Gasteiger partial charge >= 0.3 is 0 Å². The zero-order valence-electron chi connectivity index (χ0n) is 10.2. The van der Waals surface area contributed by atoms with Crippen LogP contribution in [0, 0.1) is 0 Å². The van der Waals surface area contributed by atoms with Gasteiger partial charge in [-0.25, -0.2) is 5.43 Å². The fraction of sp³-hybridized carbons (Fsp3) is 0.462. The van der Waals surface area contributed by atoms with E-state index < -0.39 is 0 Å². The highest BCUT2D eigenvalue weighted by Crippen LogP contribution is 2.01. The first-order valence-corrected chi connectivity index (χ1v) is 6.05. The van der Waals surface area contributed by atoms with Gasteiger partial charge in [-0.15, -0.1) is 0 Å². The molecule has 1 aromatic rings. The summed E-state index contributed by atoms with van der Waals surface area (Å²) in [5, 5.41) is 3.88. The number of nitrogens with one attached hydrogen (secondary N) is 1. The molecule has 1 N–H and O–H groups in total. The summed E-state index contributed by atoms with van der Waals surface area (Å²) in [4.78, 5) is 15.3. The average Bonchev–Trinajstić information content (AvgIpc) is 2.36. The van der Waals surface area contributed by atoms with E-state index >= 15 is 0 Å². The zero-order valence-corrected chi connectivity index (χ0v) is 10.2. The Hall–Kier alpha value is -1.71. The van der Waals surface area contributed by atoms with Crippen molar-refractivity contribution in [3.8, 4) is 0 Å². The molecule has 17 heavy (non-hydrogen) atoms. The van der Waals surface area contributed by atoms with E-state index in [2.05, 4.69) is 22.4 Å². The van der Waals surface area contributed by atoms with Gasteiger partial charge < -0.3 is 0 Å². The molecule has 0 unspecified atom stereocenters. The first-order chi connectivity index (χ1) is 8.33. The van der Waals surface area contributed by atoms with Crippen LogP contribution in [0.15, 0.2) is 29.6 Å². The molecule has 0 atom stereocenters. The van der Waals surface area contributed by atoms with Crippen LogP contribution < -0.4 is 5.43 Å². The van der Waals surface area contributed by atoms with Crippen LogP contribution in [0.5, 0.6) is 0 Å². The Bertz CT molecular complexity index is 349. The number of pyridine rings is 1. The molecule has 0 spiro atoms. The highest BCUT2D eigenvalue weighted by Gasteiger charge is 1.98. The topological polar surface area (TPSA) is 54.4 Å². The third kappa shape index (κ3) is 6.45. The second-order valence-electron chi connectivity index (χ2n) is 3.89. The molecule has 4 nitrogen and oxygen atoms in total. The standard InChI is InChI=1S/C13H19N3O/c1-2-3-4-5-8-13(17)16-15-11-12-7-6-9-14-10-12/h6-7,9-11H,2-5,8H2,1H3,(H,16,17). The van der Waals surface area contributed by atoms with Crippen molar-refractivity contribution >= 4 is 12.1 Å². The first kappa shape index (κ1) is 13.4. The molecule has 0 aliphatic heterocycles. The Morgan fingerprint density at radius 3 is 3.06 bits per heavy atom. The molecule has 0 aliphatic rings. The molecule has 0 aromatic carbocycles. The SMILES string of the molecule is CCCCCCC(=O)NN=Cc1cccnc1. The maximum atomic E-state index is 11.4. The Morgan fingerprint density at radius 2 is 2.35 bits per heavy atom. The van der Waals surface area contributed by atoms with Crippen molar-refractivity contribution < 1.29 is 4.79 Å². The first-order valence-electron chi connectivity index (χ1n) is 6.05. The molecular formula is C13H19N3O. The number of rotatable bonds is 7. The van der Waals surface area contributed by atoms with Crippen LogP contribution in [0.1, 0.15) is 44.6 Å². The number of carbonyl (C=O) groups excluding carboxylic acids is 1. The summed E-state index contributed by atoms with van der Waals surface area (Å²) in [6, 6.07) is 3.71. The lowest BCUT2D eigenvalue weighted by Crippen LogP contribution is -2.16. The molecule has 1 rings (SSSR count). The van der Waals surface area contributed by atoms with Crippen molar-refractivity contribution in [3.63, 3.8) is 0 Å². The lowest BCUT2D eigenvalue weighted by Gasteiger charge is -1.99. The van der Waals surface area contributed by atoms with E-state index in [1.807, 2.05) is 12.1 Å². The highest BCUT2D eigenvalue weighted by molar-refractivity contribution is 5.81. The minimum absolute atomic E-state index is 0.0266. The van der Waals surface area contributed by atoms with Gasteiger partial charge in [-0.2, -0.15) is 5.10 Å². The van der Waals surface area contributed by atoms with Crippen molar-refractivity contribution in [2.24, 2.45) is 5.10 Å². The van der Waals surface area contributed by atoms with Crippen molar-refractivity contribution in [2.45, 2.75) is 39.0 Å². The Kier molecular flexibility index (Phi) is 6.63. The van der Waals surface area contributed by atoms with Gasteiger partial charge in [0.25, 0.3) is 0 Å². The van der Waals surface area contributed by atoms with Gasteiger partial charge in [0.15, 0.2) is 0 Å². The maximum Gasteiger partial charge on any atom is 0.240 e. The molecule has 0 aliphatic carbocycles. The van der Waals surface area contributed by atoms with Crippen LogP contribution in [-0.4, -0.2) is 17.1 Å². The number of unbranched alkanes of at least 4 members (excludes halogenated alkanes) is 3. The summed E-state index contributed by atoms with van der Waals surface area (Å²) in [7, 11) is 0. The van der Waals surface area contributed by atoms with Crippen molar-refractivity contribution in [1.29, 1.82) is 0 Å². The summed E-state index contributed by atoms with van der Waals surface area (Å²) in [5.41, 5.74) is 3.38. The second-order valence-corrected chi connectivity index (χ2v) is 3.89. The smallest absolute Gasteiger partial charge is 0.240 e. The number of hydrazone groups is 1. The summed E-state index contributed by atoms with van der Waals surface area (Å²) in [5.74, 6) is -0.0266. The summed E-state index contributed by atoms with van der Waals surface area (Å²) in [6.45, 7) is 2.15. The zero-order chi connectivity index (χ0) is 12.3. The molecule has 4 heteroatoms. The fourth-order valence-corrected chi connectivity index (χ4v) is 1.40. The Morgan fingerprint density at radius 1 is 1.47 bits per heavy atom. The minimum atomic E-state index is -0.0266. The van der Waals surface area contributed by atoms with Gasteiger partial charge in [0.1, 0.15) is 0 Å². The normalized spacial score (nSPS) is 10.6. The van der Waals surface area contributed by atoms with Crippen LogP contribution in [0.25, 0.3) is 0 Å². The number of nitrogens with zero attached hydrogens (tertiary/aromatic N) is 2. The van der Waals surface area contributed by atoms with E-state index in [4.69, 9.17) is 0 Å². The largest absolute Gasteiger partial charge is 0.273 e. The van der Waals surface area contributed by atoms with Crippen LogP contribution >= 0.6 is 0 Å². The molecule has 0 radical (unpaired) electrons. The summed E-state index contributed by atoms with van der Waals surface area (Å²) in [6.07, 6.45) is 9.94. The molecule has 0 saturated carbocycles. The van der Waals surface area contributed by atoms with Gasteiger partial charge in [-0.1, -0.05) is 32.3 Å². The maximum absolute atomic E-state index is 11.4. The van der Waals surface area contributed by atoms with E-state index in [9.17, 15) is 4.79 Å². The third-order valence-corrected chi connectivity index (χ3v) is 2.34. The summed E-state index contributed by atoms with van der Waals surface area (Å²) >= 11 is 0. The lowest BCUT2D eigenvalue weighted by molar-refractivity contribution is -0.121. The highest BCUT2D eigenvalue weighted by atomic mass is 16.2. The lowest BCUT2D eigenvalue weighted by atomic mass is 10.1.